The second kappa shape index (κ2) is 7.21. The third-order valence-electron chi connectivity index (χ3n) is 3.42. The molecule has 0 radical (unpaired) electrons. The summed E-state index contributed by atoms with van der Waals surface area (Å²) in [6.45, 7) is 5.87. The third-order valence-corrected chi connectivity index (χ3v) is 4.59. The predicted octanol–water partition coefficient (Wildman–Crippen LogP) is 2.29. The van der Waals surface area contributed by atoms with E-state index in [-0.39, 0.29) is 16.9 Å². The number of rotatable bonds is 7. The molecule has 2 unspecified atom stereocenters. The number of hydrogen-bond acceptors (Lipinski definition) is 3. The molecule has 0 aromatic heterocycles. The Balaban J connectivity index is 4.94. The van der Waals surface area contributed by atoms with Crippen LogP contribution in [0.25, 0.3) is 0 Å². The van der Waals surface area contributed by atoms with Crippen LogP contribution in [0.15, 0.2) is 0 Å². The number of nitrogens with two attached hydrogens (primary N) is 1. The summed E-state index contributed by atoms with van der Waals surface area (Å²) in [5, 5.41) is 0. The van der Waals surface area contributed by atoms with Gasteiger partial charge in [-0.1, -0.05) is 26.1 Å². The molecule has 0 aliphatic carbocycles. The first kappa shape index (κ1) is 16.7. The van der Waals surface area contributed by atoms with Gasteiger partial charge in [-0.15, -0.1) is 0 Å². The van der Waals surface area contributed by atoms with Crippen LogP contribution in [0, 0.1) is 5.41 Å². The first-order chi connectivity index (χ1) is 7.84. The number of nitrogens with zero attached hydrogens (tertiary/aromatic N) is 1. The van der Waals surface area contributed by atoms with E-state index < -0.39 is 5.41 Å². The number of carbonyl (C=O) groups is 1. The van der Waals surface area contributed by atoms with Gasteiger partial charge in [-0.3, -0.25) is 4.79 Å². The molecule has 2 atom stereocenters. The average molecular weight is 276 g/mol. The fraction of sp³-hybridized carbons (Fsp3) is 0.833. The Morgan fingerprint density at radius 2 is 2.06 bits per heavy atom. The molecule has 0 spiro atoms. The van der Waals surface area contributed by atoms with E-state index in [1.807, 2.05) is 27.2 Å². The van der Waals surface area contributed by atoms with Crippen molar-refractivity contribution in [3.63, 3.8) is 0 Å². The molecular formula is C12H24N2OS2. The monoisotopic (exact) mass is 276 g/mol. The lowest BCUT2D eigenvalue weighted by molar-refractivity contribution is -0.138. The summed E-state index contributed by atoms with van der Waals surface area (Å²) in [5.41, 5.74) is 5.00. The lowest BCUT2D eigenvalue weighted by Gasteiger charge is -2.35. The molecule has 0 saturated carbocycles. The molecule has 5 heteroatoms. The van der Waals surface area contributed by atoms with E-state index in [9.17, 15) is 4.79 Å². The van der Waals surface area contributed by atoms with Crippen molar-refractivity contribution in [1.29, 1.82) is 0 Å². The smallest absolute Gasteiger partial charge is 0.235 e. The minimum atomic E-state index is -0.712. The SMILES string of the molecule is CCC(CSC)N(C)C(=O)C(C)(CC)C(N)=S. The summed E-state index contributed by atoms with van der Waals surface area (Å²) in [4.78, 5) is 14.6. The fourth-order valence-electron chi connectivity index (χ4n) is 1.68. The van der Waals surface area contributed by atoms with Crippen LogP contribution in [0.3, 0.4) is 0 Å². The largest absolute Gasteiger partial charge is 0.392 e. The maximum Gasteiger partial charge on any atom is 0.235 e. The van der Waals surface area contributed by atoms with Gasteiger partial charge in [0.15, 0.2) is 0 Å². The average Bonchev–Trinajstić information content (AvgIpc) is 2.32. The zero-order valence-electron chi connectivity index (χ0n) is 11.4. The Morgan fingerprint density at radius 3 is 2.35 bits per heavy atom. The number of hydrogen-bond donors (Lipinski definition) is 1. The van der Waals surface area contributed by atoms with Gasteiger partial charge in [-0.2, -0.15) is 11.8 Å². The van der Waals surface area contributed by atoms with Crippen LogP contribution in [0.1, 0.15) is 33.6 Å². The molecule has 0 heterocycles. The number of amides is 1. The van der Waals surface area contributed by atoms with Crippen molar-refractivity contribution >= 4 is 34.9 Å². The molecule has 0 saturated heterocycles. The molecule has 0 rings (SSSR count). The Hall–Kier alpha value is -0.290. The van der Waals surface area contributed by atoms with Gasteiger partial charge in [0, 0.05) is 18.8 Å². The van der Waals surface area contributed by atoms with E-state index in [2.05, 4.69) is 6.92 Å². The predicted molar refractivity (Wildman–Crippen MR) is 80.4 cm³/mol. The first-order valence-corrected chi connectivity index (χ1v) is 7.71. The first-order valence-electron chi connectivity index (χ1n) is 5.91. The maximum atomic E-state index is 12.5. The Bertz CT molecular complexity index is 284. The van der Waals surface area contributed by atoms with Gasteiger partial charge in [0.05, 0.1) is 10.4 Å². The molecule has 3 nitrogen and oxygen atoms in total. The molecule has 1 amide bonds. The number of thiocarbonyl (C=S) groups is 1. The van der Waals surface area contributed by atoms with Crippen molar-refractivity contribution in [3.05, 3.63) is 0 Å². The van der Waals surface area contributed by atoms with Crippen molar-refractivity contribution in [2.45, 2.75) is 39.7 Å². The number of thioether (sulfide) groups is 1. The summed E-state index contributed by atoms with van der Waals surface area (Å²) in [6.07, 6.45) is 3.63. The summed E-state index contributed by atoms with van der Waals surface area (Å²) in [6, 6.07) is 0.248. The van der Waals surface area contributed by atoms with Gasteiger partial charge in [-0.05, 0) is 26.0 Å². The van der Waals surface area contributed by atoms with Crippen LogP contribution in [-0.2, 0) is 4.79 Å². The highest BCUT2D eigenvalue weighted by atomic mass is 32.2. The summed E-state index contributed by atoms with van der Waals surface area (Å²) in [7, 11) is 1.85. The lowest BCUT2D eigenvalue weighted by atomic mass is 9.85. The second-order valence-electron chi connectivity index (χ2n) is 4.48. The molecule has 0 fully saturated rings. The van der Waals surface area contributed by atoms with Crippen molar-refractivity contribution in [2.75, 3.05) is 19.1 Å². The highest BCUT2D eigenvalue weighted by Gasteiger charge is 2.38. The summed E-state index contributed by atoms with van der Waals surface area (Å²) < 4.78 is 0. The molecule has 0 aliphatic heterocycles. The van der Waals surface area contributed by atoms with Crippen LogP contribution < -0.4 is 5.73 Å². The standard InChI is InChI=1S/C12H24N2OS2/c1-6-9(8-17-5)14(4)11(15)12(3,7-2)10(13)16/h9H,6-8H2,1-5H3,(H2,13,16). The Kier molecular flexibility index (Phi) is 7.09. The molecule has 0 aromatic rings. The van der Waals surface area contributed by atoms with Gasteiger partial charge >= 0.3 is 0 Å². The van der Waals surface area contributed by atoms with E-state index in [0.29, 0.717) is 6.42 Å². The van der Waals surface area contributed by atoms with E-state index in [1.165, 1.54) is 0 Å². The quantitative estimate of drug-likeness (QED) is 0.725. The molecule has 17 heavy (non-hydrogen) atoms. The Labute approximate surface area is 114 Å². The van der Waals surface area contributed by atoms with Gasteiger partial charge in [0.2, 0.25) is 5.91 Å². The van der Waals surface area contributed by atoms with Gasteiger partial charge in [0.25, 0.3) is 0 Å². The zero-order valence-corrected chi connectivity index (χ0v) is 13.1. The lowest BCUT2D eigenvalue weighted by Crippen LogP contribution is -2.51. The van der Waals surface area contributed by atoms with Crippen molar-refractivity contribution in [2.24, 2.45) is 11.1 Å². The van der Waals surface area contributed by atoms with Gasteiger partial charge < -0.3 is 10.6 Å². The fourth-order valence-corrected chi connectivity index (χ4v) is 2.76. The van der Waals surface area contributed by atoms with Crippen LogP contribution in [0.4, 0.5) is 0 Å². The van der Waals surface area contributed by atoms with Crippen molar-refractivity contribution in [3.8, 4) is 0 Å². The van der Waals surface area contributed by atoms with E-state index in [0.717, 1.165) is 12.2 Å². The van der Waals surface area contributed by atoms with Crippen LogP contribution in [0.5, 0.6) is 0 Å². The molecule has 100 valence electrons. The van der Waals surface area contributed by atoms with E-state index in [4.69, 9.17) is 18.0 Å². The zero-order chi connectivity index (χ0) is 13.6. The maximum absolute atomic E-state index is 12.5. The molecule has 0 aliphatic rings. The molecule has 0 aromatic carbocycles. The minimum Gasteiger partial charge on any atom is -0.392 e. The van der Waals surface area contributed by atoms with Crippen molar-refractivity contribution in [1.82, 2.24) is 4.90 Å². The van der Waals surface area contributed by atoms with Crippen LogP contribution >= 0.6 is 24.0 Å². The van der Waals surface area contributed by atoms with E-state index >= 15 is 0 Å². The van der Waals surface area contributed by atoms with E-state index in [1.54, 1.807) is 16.7 Å². The van der Waals surface area contributed by atoms with Crippen LogP contribution in [-0.4, -0.2) is 40.9 Å². The van der Waals surface area contributed by atoms with Crippen LogP contribution in [0.2, 0.25) is 0 Å². The highest BCUT2D eigenvalue weighted by Crippen LogP contribution is 2.26. The molecule has 0 bridgehead atoms. The van der Waals surface area contributed by atoms with Crippen molar-refractivity contribution < 1.29 is 4.79 Å². The summed E-state index contributed by atoms with van der Waals surface area (Å²) >= 11 is 6.79. The highest BCUT2D eigenvalue weighted by molar-refractivity contribution is 7.98. The normalized spacial score (nSPS) is 16.1. The third kappa shape index (κ3) is 3.85. The molecule has 2 N–H and O–H groups in total. The Morgan fingerprint density at radius 1 is 1.53 bits per heavy atom. The topological polar surface area (TPSA) is 46.3 Å². The minimum absolute atomic E-state index is 0.0356. The van der Waals surface area contributed by atoms with Gasteiger partial charge in [0.1, 0.15) is 0 Å². The second-order valence-corrected chi connectivity index (χ2v) is 5.83. The number of carbonyl (C=O) groups excluding carboxylic acids is 1. The molecular weight excluding hydrogens is 252 g/mol. The summed E-state index contributed by atoms with van der Waals surface area (Å²) in [5.74, 6) is 0.976. The van der Waals surface area contributed by atoms with Gasteiger partial charge in [-0.25, -0.2) is 0 Å².